The Morgan fingerprint density at radius 3 is 2.80 bits per heavy atom. The zero-order valence-corrected chi connectivity index (χ0v) is 14.4. The molecule has 0 amide bonds. The lowest BCUT2D eigenvalue weighted by molar-refractivity contribution is 0.176. The summed E-state index contributed by atoms with van der Waals surface area (Å²) < 4.78 is 1.24. The molecule has 0 bridgehead atoms. The van der Waals surface area contributed by atoms with E-state index in [0.29, 0.717) is 12.0 Å². The van der Waals surface area contributed by atoms with E-state index in [1.54, 1.807) is 0 Å². The fourth-order valence-corrected chi connectivity index (χ4v) is 4.21. The van der Waals surface area contributed by atoms with Crippen LogP contribution in [-0.2, 0) is 0 Å². The number of benzene rings is 1. The molecule has 2 heterocycles. The highest BCUT2D eigenvalue weighted by molar-refractivity contribution is 9.10. The lowest BCUT2D eigenvalue weighted by Gasteiger charge is -2.47. The van der Waals surface area contributed by atoms with Crippen LogP contribution < -0.4 is 4.90 Å². The molecule has 20 heavy (non-hydrogen) atoms. The summed E-state index contributed by atoms with van der Waals surface area (Å²) in [7, 11) is 0. The van der Waals surface area contributed by atoms with Gasteiger partial charge in [-0.05, 0) is 65.9 Å². The Morgan fingerprint density at radius 1 is 1.25 bits per heavy atom. The molecule has 0 aromatic heterocycles. The lowest BCUT2D eigenvalue weighted by atomic mass is 9.96. The smallest absolute Gasteiger partial charge is 0.0516 e. The Bertz CT molecular complexity index is 486. The molecule has 3 rings (SSSR count). The molecule has 3 heteroatoms. The number of halogens is 1. The largest absolute Gasteiger partial charge is 0.365 e. The first-order valence-corrected chi connectivity index (χ1v) is 8.62. The van der Waals surface area contributed by atoms with E-state index in [-0.39, 0.29) is 0 Å². The molecule has 2 atom stereocenters. The highest BCUT2D eigenvalue weighted by Crippen LogP contribution is 2.35. The number of hydrogen-bond acceptors (Lipinski definition) is 2. The average Bonchev–Trinajstić information content (AvgIpc) is 2.87. The van der Waals surface area contributed by atoms with Gasteiger partial charge in [0.2, 0.25) is 0 Å². The molecule has 0 radical (unpaired) electrons. The van der Waals surface area contributed by atoms with Crippen molar-refractivity contribution < 1.29 is 0 Å². The maximum Gasteiger partial charge on any atom is 0.0516 e. The van der Waals surface area contributed by atoms with Gasteiger partial charge in [-0.25, -0.2) is 0 Å². The third-order valence-electron chi connectivity index (χ3n) is 4.91. The molecule has 2 fully saturated rings. The molecule has 0 aliphatic carbocycles. The zero-order valence-electron chi connectivity index (χ0n) is 12.8. The third-order valence-corrected chi connectivity index (χ3v) is 5.58. The van der Waals surface area contributed by atoms with Crippen LogP contribution in [0.4, 0.5) is 5.69 Å². The maximum atomic E-state index is 3.76. The van der Waals surface area contributed by atoms with Crippen LogP contribution in [0.5, 0.6) is 0 Å². The Balaban J connectivity index is 1.93. The van der Waals surface area contributed by atoms with Crippen molar-refractivity contribution in [1.29, 1.82) is 0 Å². The monoisotopic (exact) mass is 336 g/mol. The number of rotatable bonds is 2. The van der Waals surface area contributed by atoms with Crippen molar-refractivity contribution in [2.45, 2.75) is 45.7 Å². The van der Waals surface area contributed by atoms with Gasteiger partial charge in [-0.1, -0.05) is 19.9 Å². The first-order valence-electron chi connectivity index (χ1n) is 7.83. The summed E-state index contributed by atoms with van der Waals surface area (Å²) >= 11 is 3.76. The predicted octanol–water partition coefficient (Wildman–Crippen LogP) is 4.07. The van der Waals surface area contributed by atoms with Crippen molar-refractivity contribution >= 4 is 21.6 Å². The number of hydrogen-bond donors (Lipinski definition) is 0. The van der Waals surface area contributed by atoms with Crippen molar-refractivity contribution in [3.63, 3.8) is 0 Å². The topological polar surface area (TPSA) is 6.48 Å². The standard InChI is InChI=1S/C17H25BrN2/c1-12(2)17-11-19-8-4-5-14(19)10-20(17)16-9-13(3)6-7-15(16)18/h6-7,9,12,14,17H,4-5,8,10-11H2,1-3H3. The zero-order chi connectivity index (χ0) is 14.3. The van der Waals surface area contributed by atoms with Gasteiger partial charge in [-0.3, -0.25) is 4.90 Å². The summed E-state index contributed by atoms with van der Waals surface area (Å²) in [5.74, 6) is 0.684. The minimum absolute atomic E-state index is 0.627. The van der Waals surface area contributed by atoms with Gasteiger partial charge in [0.1, 0.15) is 0 Å². The predicted molar refractivity (Wildman–Crippen MR) is 89.4 cm³/mol. The molecule has 2 aliphatic heterocycles. The Morgan fingerprint density at radius 2 is 2.05 bits per heavy atom. The number of piperazine rings is 1. The lowest BCUT2D eigenvalue weighted by Crippen LogP contribution is -2.58. The Kier molecular flexibility index (Phi) is 4.09. The molecule has 0 spiro atoms. The van der Waals surface area contributed by atoms with Gasteiger partial charge >= 0.3 is 0 Å². The minimum atomic E-state index is 0.627. The van der Waals surface area contributed by atoms with E-state index in [0.717, 1.165) is 6.04 Å². The van der Waals surface area contributed by atoms with Crippen molar-refractivity contribution in [1.82, 2.24) is 4.90 Å². The van der Waals surface area contributed by atoms with Crippen molar-refractivity contribution in [3.05, 3.63) is 28.2 Å². The van der Waals surface area contributed by atoms with E-state index in [1.807, 2.05) is 0 Å². The molecule has 2 saturated heterocycles. The SMILES string of the molecule is Cc1ccc(Br)c(N2CC3CCCN3CC2C(C)C)c1. The van der Waals surface area contributed by atoms with Crippen molar-refractivity contribution in [2.75, 3.05) is 24.5 Å². The molecule has 2 nitrogen and oxygen atoms in total. The van der Waals surface area contributed by atoms with E-state index in [1.165, 1.54) is 48.2 Å². The van der Waals surface area contributed by atoms with E-state index >= 15 is 0 Å². The van der Waals surface area contributed by atoms with Gasteiger partial charge < -0.3 is 4.90 Å². The van der Waals surface area contributed by atoms with Gasteiger partial charge in [0, 0.05) is 29.6 Å². The van der Waals surface area contributed by atoms with Gasteiger partial charge in [0.15, 0.2) is 0 Å². The molecular formula is C17H25BrN2. The van der Waals surface area contributed by atoms with E-state index in [4.69, 9.17) is 0 Å². The van der Waals surface area contributed by atoms with Gasteiger partial charge in [0.25, 0.3) is 0 Å². The van der Waals surface area contributed by atoms with Crippen LogP contribution in [0.3, 0.4) is 0 Å². The number of nitrogens with zero attached hydrogens (tertiary/aromatic N) is 2. The summed E-state index contributed by atoms with van der Waals surface area (Å²) in [6.07, 6.45) is 2.74. The molecule has 2 aliphatic rings. The van der Waals surface area contributed by atoms with Crippen LogP contribution in [0.25, 0.3) is 0 Å². The fourth-order valence-electron chi connectivity index (χ4n) is 3.73. The van der Waals surface area contributed by atoms with Crippen molar-refractivity contribution in [2.24, 2.45) is 5.92 Å². The maximum absolute atomic E-state index is 3.76. The minimum Gasteiger partial charge on any atom is -0.365 e. The summed E-state index contributed by atoms with van der Waals surface area (Å²) in [4.78, 5) is 5.37. The molecule has 110 valence electrons. The molecule has 2 unspecified atom stereocenters. The van der Waals surface area contributed by atoms with Gasteiger partial charge in [-0.2, -0.15) is 0 Å². The van der Waals surface area contributed by atoms with Crippen LogP contribution in [0.2, 0.25) is 0 Å². The number of anilines is 1. The third kappa shape index (κ3) is 2.62. The highest BCUT2D eigenvalue weighted by atomic mass is 79.9. The van der Waals surface area contributed by atoms with Crippen LogP contribution in [0, 0.1) is 12.8 Å². The fraction of sp³-hybridized carbons (Fsp3) is 0.647. The highest BCUT2D eigenvalue weighted by Gasteiger charge is 2.37. The van der Waals surface area contributed by atoms with Crippen LogP contribution >= 0.6 is 15.9 Å². The second kappa shape index (κ2) is 5.69. The average molecular weight is 337 g/mol. The summed E-state index contributed by atoms with van der Waals surface area (Å²) in [5, 5.41) is 0. The second-order valence-corrected chi connectivity index (χ2v) is 7.56. The van der Waals surface area contributed by atoms with Crippen molar-refractivity contribution in [3.8, 4) is 0 Å². The molecule has 0 N–H and O–H groups in total. The number of fused-ring (bicyclic) bond motifs is 1. The summed E-state index contributed by atoms with van der Waals surface area (Å²) in [5.41, 5.74) is 2.73. The summed E-state index contributed by atoms with van der Waals surface area (Å²) in [6.45, 7) is 10.6. The van der Waals surface area contributed by atoms with Gasteiger partial charge in [0.05, 0.1) is 5.69 Å². The normalized spacial score (nSPS) is 27.1. The number of aryl methyl sites for hydroxylation is 1. The molecule has 1 aromatic carbocycles. The first-order chi connectivity index (χ1) is 9.56. The first kappa shape index (κ1) is 14.4. The van der Waals surface area contributed by atoms with Crippen LogP contribution in [-0.4, -0.2) is 36.6 Å². The molecule has 1 aromatic rings. The van der Waals surface area contributed by atoms with Gasteiger partial charge in [-0.15, -0.1) is 0 Å². The van der Waals surface area contributed by atoms with E-state index in [9.17, 15) is 0 Å². The molecule has 0 saturated carbocycles. The van der Waals surface area contributed by atoms with E-state index in [2.05, 4.69) is 64.7 Å². The van der Waals surface area contributed by atoms with Crippen LogP contribution in [0.1, 0.15) is 32.3 Å². The second-order valence-electron chi connectivity index (χ2n) is 6.71. The van der Waals surface area contributed by atoms with E-state index < -0.39 is 0 Å². The molecular weight excluding hydrogens is 312 g/mol. The quantitative estimate of drug-likeness (QED) is 0.803. The summed E-state index contributed by atoms with van der Waals surface area (Å²) in [6, 6.07) is 8.11. The Hall–Kier alpha value is -0.540. The van der Waals surface area contributed by atoms with Crippen LogP contribution in [0.15, 0.2) is 22.7 Å². The Labute approximate surface area is 131 Å².